The number of carbonyl (C=O) groups is 2. The molecule has 11 heteroatoms. The molecule has 35 heavy (non-hydrogen) atoms. The highest BCUT2D eigenvalue weighted by atomic mass is 19.4. The summed E-state index contributed by atoms with van der Waals surface area (Å²) in [5.41, 5.74) is 3.01. The van der Waals surface area contributed by atoms with Gasteiger partial charge in [0.2, 0.25) is 0 Å². The Labute approximate surface area is 197 Å². The predicted octanol–water partition coefficient (Wildman–Crippen LogP) is 4.05. The summed E-state index contributed by atoms with van der Waals surface area (Å²) in [4.78, 5) is 26.7. The lowest BCUT2D eigenvalue weighted by Gasteiger charge is -2.36. The van der Waals surface area contributed by atoms with E-state index < -0.39 is 58.2 Å². The number of benzene rings is 2. The number of methoxy groups -OCH3 is 2. The van der Waals surface area contributed by atoms with Crippen LogP contribution in [0.15, 0.2) is 65.1 Å². The number of rotatable bonds is 4. The van der Waals surface area contributed by atoms with Crippen LogP contribution in [0.4, 0.5) is 23.2 Å². The van der Waals surface area contributed by atoms with Crippen molar-refractivity contribution in [3.8, 4) is 6.07 Å². The molecule has 0 radical (unpaired) electrons. The molecule has 1 unspecified atom stereocenters. The molecule has 1 aliphatic rings. The van der Waals surface area contributed by atoms with Crippen molar-refractivity contribution in [2.45, 2.75) is 19.0 Å². The number of alkyl halides is 3. The van der Waals surface area contributed by atoms with E-state index in [2.05, 4.69) is 0 Å². The Balaban J connectivity index is 2.47. The maximum Gasteiger partial charge on any atom is 0.419 e. The number of allylic oxidation sites excluding steroid dienone is 1. The molecule has 0 amide bonds. The molecule has 0 saturated carbocycles. The average Bonchev–Trinajstić information content (AvgIpc) is 2.83. The number of nitrogens with two attached hydrogens (primary N) is 1. The van der Waals surface area contributed by atoms with Crippen LogP contribution in [0.3, 0.4) is 0 Å². The van der Waals surface area contributed by atoms with E-state index in [4.69, 9.17) is 15.2 Å². The Morgan fingerprint density at radius 3 is 2.20 bits per heavy atom. The Hall–Kier alpha value is -4.33. The number of halogens is 4. The summed E-state index contributed by atoms with van der Waals surface area (Å²) in [5, 5.41) is 9.95. The van der Waals surface area contributed by atoms with Crippen LogP contribution in [0.1, 0.15) is 22.6 Å². The van der Waals surface area contributed by atoms with Crippen molar-refractivity contribution in [1.29, 1.82) is 5.26 Å². The second-order valence-corrected chi connectivity index (χ2v) is 7.46. The quantitative estimate of drug-likeness (QED) is 0.510. The third-order valence-corrected chi connectivity index (χ3v) is 5.41. The molecule has 0 fully saturated rings. The maximum absolute atomic E-state index is 14.3. The molecule has 2 aromatic rings. The molecular formula is C24H19F4N3O4. The second-order valence-electron chi connectivity index (χ2n) is 7.46. The third kappa shape index (κ3) is 4.42. The molecule has 1 heterocycles. The summed E-state index contributed by atoms with van der Waals surface area (Å²) in [6, 6.07) is 11.4. The average molecular weight is 489 g/mol. The SMILES string of the molecule is COC(=O)C1=C(C(=O)OC)N(c2cc(C)c(F)c(C(F)(F)F)c2)C(N)=C(C#N)C1c1ccccc1. The number of nitriles is 1. The van der Waals surface area contributed by atoms with Gasteiger partial charge in [0.15, 0.2) is 0 Å². The number of esters is 2. The van der Waals surface area contributed by atoms with Gasteiger partial charge in [-0.15, -0.1) is 0 Å². The lowest BCUT2D eigenvalue weighted by atomic mass is 9.81. The highest BCUT2D eigenvalue weighted by molar-refractivity contribution is 6.06. The van der Waals surface area contributed by atoms with Crippen molar-refractivity contribution in [2.24, 2.45) is 5.73 Å². The minimum Gasteiger partial charge on any atom is -0.466 e. The van der Waals surface area contributed by atoms with Gasteiger partial charge in [-0.1, -0.05) is 30.3 Å². The van der Waals surface area contributed by atoms with Crippen molar-refractivity contribution in [3.05, 3.63) is 87.6 Å². The molecule has 0 saturated heterocycles. The molecule has 1 aliphatic heterocycles. The molecule has 2 aromatic carbocycles. The molecule has 1 atom stereocenters. The van der Waals surface area contributed by atoms with Crippen molar-refractivity contribution in [2.75, 3.05) is 19.1 Å². The van der Waals surface area contributed by atoms with Gasteiger partial charge < -0.3 is 15.2 Å². The van der Waals surface area contributed by atoms with Crippen molar-refractivity contribution < 1.29 is 36.6 Å². The van der Waals surface area contributed by atoms with E-state index in [0.29, 0.717) is 11.6 Å². The first kappa shape index (κ1) is 25.3. The molecule has 0 spiro atoms. The summed E-state index contributed by atoms with van der Waals surface area (Å²) in [5.74, 6) is -5.32. The fourth-order valence-electron chi connectivity index (χ4n) is 3.87. The number of carbonyl (C=O) groups excluding carboxylic acids is 2. The standard InChI is InChI=1S/C24H19F4N3O4/c1-12-9-14(10-16(19(12)25)24(26,27)28)31-20(23(33)35-3)18(22(32)34-2)17(15(11-29)21(31)30)13-7-5-4-6-8-13/h4-10,17H,30H2,1-3H3. The van der Waals surface area contributed by atoms with Gasteiger partial charge >= 0.3 is 18.1 Å². The number of ether oxygens (including phenoxy) is 2. The molecule has 182 valence electrons. The van der Waals surface area contributed by atoms with Gasteiger partial charge in [-0.05, 0) is 30.2 Å². The first-order valence-electron chi connectivity index (χ1n) is 10.0. The zero-order chi connectivity index (χ0) is 26.1. The predicted molar refractivity (Wildman–Crippen MR) is 116 cm³/mol. The molecule has 2 N–H and O–H groups in total. The normalized spacial score (nSPS) is 16.2. The van der Waals surface area contributed by atoms with E-state index in [1.54, 1.807) is 30.3 Å². The van der Waals surface area contributed by atoms with Gasteiger partial charge in [0.25, 0.3) is 0 Å². The van der Waals surface area contributed by atoms with Crippen LogP contribution >= 0.6 is 0 Å². The molecule has 0 aromatic heterocycles. The highest BCUT2D eigenvalue weighted by Crippen LogP contribution is 2.44. The summed E-state index contributed by atoms with van der Waals surface area (Å²) >= 11 is 0. The summed E-state index contributed by atoms with van der Waals surface area (Å²) < 4.78 is 64.7. The van der Waals surface area contributed by atoms with Gasteiger partial charge in [0, 0.05) is 5.69 Å². The van der Waals surface area contributed by atoms with Crippen molar-refractivity contribution in [3.63, 3.8) is 0 Å². The topological polar surface area (TPSA) is 106 Å². The van der Waals surface area contributed by atoms with Crippen molar-refractivity contribution >= 4 is 17.6 Å². The van der Waals surface area contributed by atoms with Crippen LogP contribution in [-0.2, 0) is 25.2 Å². The third-order valence-electron chi connectivity index (χ3n) is 5.41. The van der Waals surface area contributed by atoms with E-state index in [9.17, 15) is 32.4 Å². The number of hydrogen-bond donors (Lipinski definition) is 1. The van der Waals surface area contributed by atoms with Crippen LogP contribution in [0.5, 0.6) is 0 Å². The summed E-state index contributed by atoms with van der Waals surface area (Å²) in [7, 11) is 2.03. The Kier molecular flexibility index (Phi) is 6.87. The fraction of sp³-hybridized carbons (Fsp3) is 0.208. The Bertz CT molecular complexity index is 1290. The van der Waals surface area contributed by atoms with Crippen LogP contribution in [-0.4, -0.2) is 26.2 Å². The number of anilines is 1. The minimum absolute atomic E-state index is 0.236. The van der Waals surface area contributed by atoms with E-state index in [0.717, 1.165) is 32.1 Å². The highest BCUT2D eigenvalue weighted by Gasteiger charge is 2.44. The first-order valence-corrected chi connectivity index (χ1v) is 10.0. The van der Waals surface area contributed by atoms with Crippen LogP contribution in [0, 0.1) is 24.1 Å². The fourth-order valence-corrected chi connectivity index (χ4v) is 3.87. The molecular weight excluding hydrogens is 470 g/mol. The van der Waals surface area contributed by atoms with E-state index in [1.165, 1.54) is 0 Å². The smallest absolute Gasteiger partial charge is 0.419 e. The zero-order valence-corrected chi connectivity index (χ0v) is 18.7. The van der Waals surface area contributed by atoms with Gasteiger partial charge in [0.1, 0.15) is 17.3 Å². The van der Waals surface area contributed by atoms with Crippen LogP contribution < -0.4 is 10.6 Å². The van der Waals surface area contributed by atoms with Gasteiger partial charge in [-0.25, -0.2) is 14.0 Å². The van der Waals surface area contributed by atoms with Crippen molar-refractivity contribution in [1.82, 2.24) is 0 Å². The largest absolute Gasteiger partial charge is 0.466 e. The molecule has 0 bridgehead atoms. The lowest BCUT2D eigenvalue weighted by Crippen LogP contribution is -2.41. The van der Waals surface area contributed by atoms with Crippen LogP contribution in [0.2, 0.25) is 0 Å². The number of aryl methyl sites for hydroxylation is 1. The van der Waals surface area contributed by atoms with E-state index >= 15 is 0 Å². The van der Waals surface area contributed by atoms with E-state index in [1.807, 2.05) is 6.07 Å². The first-order chi connectivity index (χ1) is 16.5. The lowest BCUT2D eigenvalue weighted by molar-refractivity contribution is -0.140. The van der Waals surface area contributed by atoms with E-state index in [-0.39, 0.29) is 11.1 Å². The summed E-state index contributed by atoms with van der Waals surface area (Å²) in [6.07, 6.45) is -5.08. The number of hydrogen-bond acceptors (Lipinski definition) is 7. The Morgan fingerprint density at radius 2 is 1.69 bits per heavy atom. The van der Waals surface area contributed by atoms with Gasteiger partial charge in [0.05, 0.1) is 42.9 Å². The number of nitrogens with zero attached hydrogens (tertiary/aromatic N) is 2. The maximum atomic E-state index is 14.3. The minimum atomic E-state index is -5.08. The van der Waals surface area contributed by atoms with Crippen LogP contribution in [0.25, 0.3) is 0 Å². The Morgan fingerprint density at radius 1 is 1.09 bits per heavy atom. The van der Waals surface area contributed by atoms with Gasteiger partial charge in [-0.2, -0.15) is 18.4 Å². The monoisotopic (exact) mass is 489 g/mol. The second kappa shape index (κ2) is 9.50. The van der Waals surface area contributed by atoms with Gasteiger partial charge in [-0.3, -0.25) is 4.90 Å². The summed E-state index contributed by atoms with van der Waals surface area (Å²) in [6.45, 7) is 1.10. The zero-order valence-electron chi connectivity index (χ0n) is 18.7. The molecule has 7 nitrogen and oxygen atoms in total. The molecule has 0 aliphatic carbocycles. The molecule has 3 rings (SSSR count).